The number of ether oxygens (including phenoxy) is 2. The number of rotatable bonds is 38. The van der Waals surface area contributed by atoms with Crippen molar-refractivity contribution in [2.24, 2.45) is 10.3 Å². The Balaban J connectivity index is 4.83. The molecule has 63 heavy (non-hydrogen) atoms. The van der Waals surface area contributed by atoms with E-state index in [1.807, 2.05) is 0 Å². The fourth-order valence-corrected chi connectivity index (χ4v) is 4.74. The zero-order valence-corrected chi connectivity index (χ0v) is 34.2. The minimum absolute atomic E-state index is 0.107. The van der Waals surface area contributed by atoms with E-state index in [-0.39, 0.29) is 65.3 Å². The van der Waals surface area contributed by atoms with Gasteiger partial charge in [-0.3, -0.25) is 38.7 Å². The van der Waals surface area contributed by atoms with Crippen LogP contribution in [-0.4, -0.2) is 273 Å². The van der Waals surface area contributed by atoms with Gasteiger partial charge in [-0.05, 0) is 0 Å². The van der Waals surface area contributed by atoms with Gasteiger partial charge in [-0.2, -0.15) is 0 Å². The second kappa shape index (κ2) is 34.3. The van der Waals surface area contributed by atoms with Gasteiger partial charge in [0.25, 0.3) is 0 Å². The van der Waals surface area contributed by atoms with Gasteiger partial charge in [-0.15, -0.1) is 0 Å². The second-order valence-corrected chi connectivity index (χ2v) is 13.2. The molecule has 6 atom stereocenters. The van der Waals surface area contributed by atoms with Crippen molar-refractivity contribution >= 4 is 54.1 Å². The molecule has 0 aromatic rings. The smallest absolute Gasteiger partial charge is 0.347 e. The number of esters is 2. The average Bonchev–Trinajstić information content (AvgIpc) is 3.22. The van der Waals surface area contributed by atoms with Crippen molar-refractivity contribution in [2.45, 2.75) is 49.5 Å². The van der Waals surface area contributed by atoms with E-state index >= 15 is 0 Å². The first-order valence-corrected chi connectivity index (χ1v) is 19.0. The van der Waals surface area contributed by atoms with Crippen molar-refractivity contribution in [1.29, 1.82) is 0 Å². The Kier molecular flexibility index (Phi) is 31.5. The SMILES string of the molecule is O=C(O)CN(CCN(CC(=O)O)CC(=O)NCCOC(=O)CO/N=C/C[C@H](O)[C@@H](O)[C@@H](O)CO)CCN(CC(=O)O)CC(=O)NCCOC(=O)CO/N=C/C[C@H](O)[C@@H](O)[C@@H](O)CO. The van der Waals surface area contributed by atoms with Crippen LogP contribution < -0.4 is 10.6 Å². The predicted octanol–water partition coefficient (Wildman–Crippen LogP) is -8.60. The molecule has 0 aliphatic heterocycles. The number of hydrogen-bond donors (Lipinski definition) is 13. The molecule has 0 heterocycles. The van der Waals surface area contributed by atoms with Gasteiger partial charge in [-0.25, -0.2) is 9.59 Å². The van der Waals surface area contributed by atoms with E-state index < -0.39 is 137 Å². The molecular weight excluding hydrogens is 858 g/mol. The first-order valence-electron chi connectivity index (χ1n) is 19.0. The summed E-state index contributed by atoms with van der Waals surface area (Å²) in [5, 5.41) is 114. The molecule has 0 aromatic heterocycles. The third-order valence-corrected chi connectivity index (χ3v) is 7.96. The highest BCUT2D eigenvalue weighted by Gasteiger charge is 2.25. The van der Waals surface area contributed by atoms with Crippen LogP contribution in [0.1, 0.15) is 12.8 Å². The molecule has 0 aromatic carbocycles. The number of nitrogens with zero attached hydrogens (tertiary/aromatic N) is 5. The van der Waals surface area contributed by atoms with Crippen molar-refractivity contribution in [3.63, 3.8) is 0 Å². The lowest BCUT2D eigenvalue weighted by atomic mass is 10.1. The van der Waals surface area contributed by atoms with E-state index in [2.05, 4.69) is 30.6 Å². The maximum Gasteiger partial charge on any atom is 0.347 e. The molecule has 0 saturated carbocycles. The molecule has 362 valence electrons. The minimum atomic E-state index is -1.64. The summed E-state index contributed by atoms with van der Waals surface area (Å²) in [5.74, 6) is -7.03. The first kappa shape index (κ1) is 57.8. The van der Waals surface area contributed by atoms with Crippen LogP contribution in [0.25, 0.3) is 0 Å². The summed E-state index contributed by atoms with van der Waals surface area (Å²) >= 11 is 0. The van der Waals surface area contributed by atoms with E-state index in [1.54, 1.807) is 0 Å². The number of aliphatic carboxylic acids is 3. The maximum atomic E-state index is 12.5. The van der Waals surface area contributed by atoms with Crippen molar-refractivity contribution < 1.29 is 109 Å². The van der Waals surface area contributed by atoms with Gasteiger partial charge >= 0.3 is 29.8 Å². The van der Waals surface area contributed by atoms with Gasteiger partial charge in [0.2, 0.25) is 25.0 Å². The lowest BCUT2D eigenvalue weighted by molar-refractivity contribution is -0.149. The standard InChI is InChI=1S/C34H59N7O22/c42-18-24(46)33(58)22(44)1-3-37-62-20-31(56)60-11-5-35-26(48)13-40(16-29(52)53)9-7-39(15-28(50)51)8-10-41(17-30(54)55)14-27(49)36-6-12-61-32(57)21-63-38-4-2-23(45)34(59)25(47)19-43/h3-4,22-25,33-34,42-47,58-59H,1-2,5-21H2,(H,35,48)(H,36,49)(H,50,51)(H,52,53)(H,54,55)/b37-3+,38-4+/t22-,23-,24-,25-,33+,34+/m0/s1. The quantitative estimate of drug-likeness (QED) is 0.0118. The lowest BCUT2D eigenvalue weighted by Gasteiger charge is -2.28. The zero-order valence-electron chi connectivity index (χ0n) is 34.2. The molecule has 29 heteroatoms. The van der Waals surface area contributed by atoms with E-state index in [1.165, 1.54) is 14.7 Å². The summed E-state index contributed by atoms with van der Waals surface area (Å²) in [5.41, 5.74) is 0. The predicted molar refractivity (Wildman–Crippen MR) is 208 cm³/mol. The summed E-state index contributed by atoms with van der Waals surface area (Å²) < 4.78 is 9.73. The minimum Gasteiger partial charge on any atom is -0.480 e. The van der Waals surface area contributed by atoms with Gasteiger partial charge in [0.05, 0.1) is 71.2 Å². The molecule has 13 N–H and O–H groups in total. The normalized spacial score (nSPS) is 14.5. The first-order chi connectivity index (χ1) is 29.8. The molecule has 0 bridgehead atoms. The van der Waals surface area contributed by atoms with Crippen LogP contribution in [0.5, 0.6) is 0 Å². The monoisotopic (exact) mass is 917 g/mol. The molecule has 2 amide bonds. The maximum absolute atomic E-state index is 12.5. The van der Waals surface area contributed by atoms with Crippen molar-refractivity contribution in [3.8, 4) is 0 Å². The Morgan fingerprint density at radius 3 is 1.17 bits per heavy atom. The molecule has 0 aliphatic rings. The molecule has 0 unspecified atom stereocenters. The number of carbonyl (C=O) groups excluding carboxylic acids is 4. The highest BCUT2D eigenvalue weighted by atomic mass is 16.7. The van der Waals surface area contributed by atoms with Crippen molar-refractivity contribution in [2.75, 3.05) is 112 Å². The summed E-state index contributed by atoms with van der Waals surface area (Å²) in [6.45, 7) is -7.16. The van der Waals surface area contributed by atoms with Crippen LogP contribution in [-0.2, 0) is 52.7 Å². The van der Waals surface area contributed by atoms with Crippen LogP contribution in [0.15, 0.2) is 10.3 Å². The number of hydrogen-bond acceptors (Lipinski definition) is 24. The molecule has 0 fully saturated rings. The van der Waals surface area contributed by atoms with E-state index in [0.29, 0.717) is 0 Å². The Bertz CT molecular complexity index is 1350. The van der Waals surface area contributed by atoms with Gasteiger partial charge < -0.3 is 86.0 Å². The Labute approximate surface area is 359 Å². The van der Waals surface area contributed by atoms with Gasteiger partial charge in [0, 0.05) is 51.4 Å². The summed E-state index contributed by atoms with van der Waals surface area (Å²) in [4.78, 5) is 96.3. The zero-order chi connectivity index (χ0) is 47.7. The molecule has 0 saturated heterocycles. The number of aliphatic hydroxyl groups excluding tert-OH is 8. The average molecular weight is 918 g/mol. The Hall–Kier alpha value is -5.21. The molecule has 0 radical (unpaired) electrons. The van der Waals surface area contributed by atoms with E-state index in [4.69, 9.17) is 19.7 Å². The highest BCUT2D eigenvalue weighted by molar-refractivity contribution is 5.79. The summed E-state index contributed by atoms with van der Waals surface area (Å²) in [6, 6.07) is 0. The van der Waals surface area contributed by atoms with Crippen molar-refractivity contribution in [3.05, 3.63) is 0 Å². The number of oxime groups is 2. The molecule has 0 rings (SSSR count). The largest absolute Gasteiger partial charge is 0.480 e. The molecule has 0 spiro atoms. The van der Waals surface area contributed by atoms with Crippen molar-refractivity contribution in [1.82, 2.24) is 25.3 Å². The number of amides is 2. The highest BCUT2D eigenvalue weighted by Crippen LogP contribution is 2.04. The van der Waals surface area contributed by atoms with Crippen LogP contribution in [0.4, 0.5) is 0 Å². The fourth-order valence-electron chi connectivity index (χ4n) is 4.74. The third kappa shape index (κ3) is 30.5. The van der Waals surface area contributed by atoms with E-state index in [9.17, 15) is 79.5 Å². The molecule has 0 aliphatic carbocycles. The van der Waals surface area contributed by atoms with Gasteiger partial charge in [-0.1, -0.05) is 10.3 Å². The number of carboxylic acid groups (broad SMARTS) is 3. The topological polar surface area (TPSA) is 437 Å². The third-order valence-electron chi connectivity index (χ3n) is 7.96. The van der Waals surface area contributed by atoms with Crippen LogP contribution >= 0.6 is 0 Å². The van der Waals surface area contributed by atoms with Crippen LogP contribution in [0, 0.1) is 0 Å². The summed E-state index contributed by atoms with van der Waals surface area (Å²) in [6.07, 6.45) is -7.93. The number of carbonyl (C=O) groups is 7. The Morgan fingerprint density at radius 2 is 0.841 bits per heavy atom. The van der Waals surface area contributed by atoms with Crippen LogP contribution in [0.2, 0.25) is 0 Å². The van der Waals surface area contributed by atoms with E-state index in [0.717, 1.165) is 12.4 Å². The summed E-state index contributed by atoms with van der Waals surface area (Å²) in [7, 11) is 0. The number of nitrogens with one attached hydrogen (secondary N) is 2. The number of aliphatic hydroxyl groups is 8. The second-order valence-electron chi connectivity index (χ2n) is 13.2. The number of carboxylic acids is 3. The molecular formula is C34H59N7O22. The fraction of sp³-hybridized carbons (Fsp3) is 0.735. The van der Waals surface area contributed by atoms with Gasteiger partial charge in [0.15, 0.2) is 0 Å². The lowest BCUT2D eigenvalue weighted by Crippen LogP contribution is -2.47. The Morgan fingerprint density at radius 1 is 0.508 bits per heavy atom. The van der Waals surface area contributed by atoms with Gasteiger partial charge in [0.1, 0.15) is 37.6 Å². The molecule has 29 nitrogen and oxygen atoms in total. The van der Waals surface area contributed by atoms with Crippen LogP contribution in [0.3, 0.4) is 0 Å².